The first-order valence-electron chi connectivity index (χ1n) is 21.0. The molecule has 2 heterocycles. The van der Waals surface area contributed by atoms with Crippen LogP contribution in [0.3, 0.4) is 0 Å². The largest absolute Gasteiger partial charge is 0.252 e. The maximum atomic E-state index is 5.41. The molecule has 0 saturated carbocycles. The standard InChI is InChI=1S/C58H38N2S/c1-3-14-37(15-4-1)39-18-11-20-41(30-39)43-28-29-55-52(33-43)53-35-46(42-21-12-19-40(31-42)38-16-5-2-6-17-38)34-51(58(53)61-55)44-22-13-23-45(32-44)54-36-59-56-49-26-9-7-24-47(49)48-25-8-10-27-50(48)57(56)60-54/h1-9,11-26,28-36H,10,27H2. The van der Waals surface area contributed by atoms with Crippen LogP contribution in [0.15, 0.2) is 200 Å². The Morgan fingerprint density at radius 1 is 0.410 bits per heavy atom. The molecule has 0 fully saturated rings. The second-order valence-corrected chi connectivity index (χ2v) is 17.1. The lowest BCUT2D eigenvalue weighted by molar-refractivity contribution is 0.994. The number of rotatable bonds is 6. The van der Waals surface area contributed by atoms with Crippen LogP contribution in [0.5, 0.6) is 0 Å². The third-order valence-corrected chi connectivity index (χ3v) is 13.6. The van der Waals surface area contributed by atoms with E-state index in [9.17, 15) is 0 Å². The summed E-state index contributed by atoms with van der Waals surface area (Å²) >= 11 is 1.88. The SMILES string of the molecule is C1=Cc2c(c3nc(-c4cccc(-c5cc(-c6cccc(-c7ccccc7)c6)cc6c5sc5ccc(-c7cccc(-c8ccccc8)c7)cc56)c4)cnc3c3ccccc23)CC1. The van der Waals surface area contributed by atoms with Crippen LogP contribution < -0.4 is 0 Å². The predicted octanol–water partition coefficient (Wildman–Crippen LogP) is 16.1. The fourth-order valence-electron chi connectivity index (χ4n) is 9.33. The summed E-state index contributed by atoms with van der Waals surface area (Å²) in [4.78, 5) is 10.5. The maximum Gasteiger partial charge on any atom is 0.0968 e. The van der Waals surface area contributed by atoms with E-state index in [1.54, 1.807) is 0 Å². The van der Waals surface area contributed by atoms with Gasteiger partial charge in [0, 0.05) is 36.7 Å². The van der Waals surface area contributed by atoms with Crippen molar-refractivity contribution in [3.63, 3.8) is 0 Å². The molecule has 2 nitrogen and oxygen atoms in total. The summed E-state index contributed by atoms with van der Waals surface area (Å²) in [6.45, 7) is 0. The van der Waals surface area contributed by atoms with Crippen LogP contribution in [0.4, 0.5) is 0 Å². The molecule has 61 heavy (non-hydrogen) atoms. The number of thiophene rings is 1. The molecule has 3 heteroatoms. The van der Waals surface area contributed by atoms with E-state index in [1.165, 1.54) is 86.8 Å². The average molecular weight is 795 g/mol. The quantitative estimate of drug-likeness (QED) is 0.157. The fraction of sp³-hybridized carbons (Fsp3) is 0.0345. The highest BCUT2D eigenvalue weighted by atomic mass is 32.1. The van der Waals surface area contributed by atoms with Gasteiger partial charge in [0.25, 0.3) is 0 Å². The Kier molecular flexibility index (Phi) is 8.53. The Morgan fingerprint density at radius 2 is 0.984 bits per heavy atom. The lowest BCUT2D eigenvalue weighted by Crippen LogP contribution is -2.01. The number of aryl methyl sites for hydroxylation is 1. The van der Waals surface area contributed by atoms with Gasteiger partial charge in [-0.15, -0.1) is 11.3 Å². The van der Waals surface area contributed by atoms with Crippen molar-refractivity contribution in [2.45, 2.75) is 12.8 Å². The average Bonchev–Trinajstić information content (AvgIpc) is 3.72. The van der Waals surface area contributed by atoms with E-state index in [2.05, 4.69) is 200 Å². The lowest BCUT2D eigenvalue weighted by Gasteiger charge is -2.17. The van der Waals surface area contributed by atoms with Gasteiger partial charge in [0.15, 0.2) is 0 Å². The molecular formula is C58H38N2S. The number of aromatic nitrogens is 2. The summed E-state index contributed by atoms with van der Waals surface area (Å²) < 4.78 is 2.55. The van der Waals surface area contributed by atoms with E-state index in [4.69, 9.17) is 9.97 Å². The minimum Gasteiger partial charge on any atom is -0.252 e. The lowest BCUT2D eigenvalue weighted by atomic mass is 9.90. The van der Waals surface area contributed by atoms with Crippen LogP contribution in [0.2, 0.25) is 0 Å². The summed E-state index contributed by atoms with van der Waals surface area (Å²) in [6, 6.07) is 68.5. The zero-order chi connectivity index (χ0) is 40.3. The molecule has 0 N–H and O–H groups in total. The molecular weight excluding hydrogens is 757 g/mol. The van der Waals surface area contributed by atoms with Gasteiger partial charge < -0.3 is 0 Å². The van der Waals surface area contributed by atoms with Crippen molar-refractivity contribution in [3.05, 3.63) is 211 Å². The number of fused-ring (bicyclic) bond motifs is 9. The third-order valence-electron chi connectivity index (χ3n) is 12.3. The zero-order valence-corrected chi connectivity index (χ0v) is 34.2. The van der Waals surface area contributed by atoms with Crippen molar-refractivity contribution in [3.8, 4) is 66.9 Å². The molecule has 0 amide bonds. The van der Waals surface area contributed by atoms with Gasteiger partial charge in [0.2, 0.25) is 0 Å². The van der Waals surface area contributed by atoms with Crippen molar-refractivity contribution < 1.29 is 0 Å². The van der Waals surface area contributed by atoms with E-state index in [1.807, 2.05) is 17.5 Å². The number of benzene rings is 9. The molecule has 0 unspecified atom stereocenters. The van der Waals surface area contributed by atoms with Crippen molar-refractivity contribution in [1.29, 1.82) is 0 Å². The zero-order valence-electron chi connectivity index (χ0n) is 33.3. The van der Waals surface area contributed by atoms with Gasteiger partial charge in [0.1, 0.15) is 0 Å². The third kappa shape index (κ3) is 6.25. The molecule has 0 saturated heterocycles. The molecule has 0 atom stereocenters. The first kappa shape index (κ1) is 35.5. The van der Waals surface area contributed by atoms with E-state index in [-0.39, 0.29) is 0 Å². The van der Waals surface area contributed by atoms with E-state index < -0.39 is 0 Å². The predicted molar refractivity (Wildman–Crippen MR) is 260 cm³/mol. The molecule has 11 aromatic rings. The summed E-state index contributed by atoms with van der Waals surface area (Å²) in [6.07, 6.45) is 8.51. The number of allylic oxidation sites excluding steroid dienone is 1. The van der Waals surface area contributed by atoms with Crippen LogP contribution in [0.1, 0.15) is 17.5 Å². The molecule has 0 aliphatic heterocycles. The number of hydrogen-bond acceptors (Lipinski definition) is 3. The summed E-state index contributed by atoms with van der Waals surface area (Å²) in [7, 11) is 0. The molecule has 0 radical (unpaired) electrons. The van der Waals surface area contributed by atoms with Gasteiger partial charge in [-0.1, -0.05) is 158 Å². The fourth-order valence-corrected chi connectivity index (χ4v) is 10.5. The van der Waals surface area contributed by atoms with Crippen LogP contribution in [-0.4, -0.2) is 9.97 Å². The molecule has 2 aromatic heterocycles. The van der Waals surface area contributed by atoms with Gasteiger partial charge in [-0.2, -0.15) is 0 Å². The van der Waals surface area contributed by atoms with Gasteiger partial charge in [-0.05, 0) is 122 Å². The van der Waals surface area contributed by atoms with E-state index >= 15 is 0 Å². The molecule has 0 spiro atoms. The smallest absolute Gasteiger partial charge is 0.0968 e. The Hall–Kier alpha value is -7.46. The van der Waals surface area contributed by atoms with Crippen LogP contribution >= 0.6 is 11.3 Å². The van der Waals surface area contributed by atoms with E-state index in [0.717, 1.165) is 46.1 Å². The summed E-state index contributed by atoms with van der Waals surface area (Å²) in [5.74, 6) is 0. The highest BCUT2D eigenvalue weighted by molar-refractivity contribution is 7.26. The molecule has 9 aromatic carbocycles. The summed E-state index contributed by atoms with van der Waals surface area (Å²) in [5.41, 5.74) is 18.6. The van der Waals surface area contributed by atoms with Crippen LogP contribution in [0, 0.1) is 0 Å². The van der Waals surface area contributed by atoms with Gasteiger partial charge in [0.05, 0.1) is 22.9 Å². The Balaban J connectivity index is 1.03. The van der Waals surface area contributed by atoms with Crippen molar-refractivity contribution in [2.24, 2.45) is 0 Å². The molecule has 12 rings (SSSR count). The highest BCUT2D eigenvalue weighted by Gasteiger charge is 2.19. The monoisotopic (exact) mass is 794 g/mol. The molecule has 1 aliphatic carbocycles. The highest BCUT2D eigenvalue weighted by Crippen LogP contribution is 2.45. The first-order valence-corrected chi connectivity index (χ1v) is 21.8. The minimum absolute atomic E-state index is 0.892. The number of nitrogens with zero attached hydrogens (tertiary/aromatic N) is 2. The Bertz CT molecular complexity index is 3530. The molecule has 286 valence electrons. The van der Waals surface area contributed by atoms with Gasteiger partial charge in [-0.3, -0.25) is 4.98 Å². The second-order valence-electron chi connectivity index (χ2n) is 16.0. The first-order chi connectivity index (χ1) is 30.2. The van der Waals surface area contributed by atoms with Crippen molar-refractivity contribution in [2.75, 3.05) is 0 Å². The minimum atomic E-state index is 0.892. The summed E-state index contributed by atoms with van der Waals surface area (Å²) in [5, 5.41) is 4.94. The number of hydrogen-bond donors (Lipinski definition) is 0. The van der Waals surface area contributed by atoms with Gasteiger partial charge >= 0.3 is 0 Å². The van der Waals surface area contributed by atoms with Gasteiger partial charge in [-0.25, -0.2) is 4.98 Å². The van der Waals surface area contributed by atoms with Crippen molar-refractivity contribution >= 4 is 59.4 Å². The maximum absolute atomic E-state index is 5.41. The Labute approximate surface area is 358 Å². The Morgan fingerprint density at radius 3 is 1.72 bits per heavy atom. The van der Waals surface area contributed by atoms with Crippen LogP contribution in [-0.2, 0) is 6.42 Å². The van der Waals surface area contributed by atoms with Crippen molar-refractivity contribution in [1.82, 2.24) is 9.97 Å². The van der Waals surface area contributed by atoms with E-state index in [0.29, 0.717) is 0 Å². The second kappa shape index (κ2) is 14.7. The normalized spacial score (nSPS) is 12.4. The molecule has 0 bridgehead atoms. The molecule has 1 aliphatic rings. The topological polar surface area (TPSA) is 25.8 Å². The van der Waals surface area contributed by atoms with Crippen LogP contribution in [0.25, 0.3) is 115 Å².